The highest BCUT2D eigenvalue weighted by Crippen LogP contribution is 2.26. The Morgan fingerprint density at radius 1 is 1.21 bits per heavy atom. The molecule has 3 heteroatoms. The van der Waals surface area contributed by atoms with Gasteiger partial charge in [0.1, 0.15) is 5.82 Å². The minimum atomic E-state index is -0.192. The largest absolute Gasteiger partial charge is 0.207 e. The number of benzene rings is 2. The number of rotatable bonds is 4. The van der Waals surface area contributed by atoms with Crippen LogP contribution in [0.4, 0.5) is 4.39 Å². The second-order valence-electron chi connectivity index (χ2n) is 4.68. The zero-order valence-corrected chi connectivity index (χ0v) is 13.0. The molecule has 0 aliphatic heterocycles. The van der Waals surface area contributed by atoms with Crippen molar-refractivity contribution < 1.29 is 4.39 Å². The minimum Gasteiger partial charge on any atom is -0.207 e. The van der Waals surface area contributed by atoms with Crippen molar-refractivity contribution in [2.75, 3.05) is 5.88 Å². The lowest BCUT2D eigenvalue weighted by Gasteiger charge is -2.16. The molecule has 100 valence electrons. The van der Waals surface area contributed by atoms with Crippen molar-refractivity contribution in [2.24, 2.45) is 0 Å². The van der Waals surface area contributed by atoms with Crippen molar-refractivity contribution in [3.8, 4) is 0 Å². The molecular formula is C16H15BrClF. The van der Waals surface area contributed by atoms with Crippen LogP contribution in [-0.2, 0) is 6.42 Å². The molecule has 0 saturated carbocycles. The van der Waals surface area contributed by atoms with Crippen LogP contribution < -0.4 is 0 Å². The maximum atomic E-state index is 13.3. The first-order chi connectivity index (χ1) is 9.10. The highest BCUT2D eigenvalue weighted by Gasteiger charge is 2.13. The molecular weight excluding hydrogens is 327 g/mol. The highest BCUT2D eigenvalue weighted by molar-refractivity contribution is 9.10. The fourth-order valence-corrected chi connectivity index (χ4v) is 2.85. The van der Waals surface area contributed by atoms with Gasteiger partial charge in [-0.15, -0.1) is 11.6 Å². The van der Waals surface area contributed by atoms with Gasteiger partial charge in [0.05, 0.1) is 0 Å². The third-order valence-corrected chi connectivity index (χ3v) is 4.15. The molecule has 0 amide bonds. The van der Waals surface area contributed by atoms with Crippen LogP contribution in [0.3, 0.4) is 0 Å². The third kappa shape index (κ3) is 3.80. The van der Waals surface area contributed by atoms with Crippen LogP contribution in [0, 0.1) is 12.7 Å². The zero-order valence-electron chi connectivity index (χ0n) is 10.7. The van der Waals surface area contributed by atoms with E-state index in [0.29, 0.717) is 5.88 Å². The molecule has 0 fully saturated rings. The van der Waals surface area contributed by atoms with Crippen molar-refractivity contribution in [3.63, 3.8) is 0 Å². The van der Waals surface area contributed by atoms with E-state index in [4.69, 9.17) is 11.6 Å². The van der Waals surface area contributed by atoms with Gasteiger partial charge in [0.2, 0.25) is 0 Å². The predicted octanol–water partition coefficient (Wildman–Crippen LogP) is 5.46. The van der Waals surface area contributed by atoms with Crippen LogP contribution in [0.25, 0.3) is 0 Å². The molecule has 0 aliphatic rings. The minimum absolute atomic E-state index is 0.192. The van der Waals surface area contributed by atoms with E-state index in [1.807, 2.05) is 25.1 Å². The third-order valence-electron chi connectivity index (χ3n) is 3.28. The molecule has 2 aromatic rings. The average molecular weight is 342 g/mol. The summed E-state index contributed by atoms with van der Waals surface area (Å²) in [6, 6.07) is 13.0. The SMILES string of the molecule is Cc1ccc(F)cc1CC(CCl)c1cccc(Br)c1. The maximum Gasteiger partial charge on any atom is 0.123 e. The molecule has 0 radical (unpaired) electrons. The Kier molecular flexibility index (Phi) is 5.00. The van der Waals surface area contributed by atoms with Crippen LogP contribution in [0.15, 0.2) is 46.9 Å². The Hall–Kier alpha value is -0.860. The molecule has 0 bridgehead atoms. The standard InChI is InChI=1S/C16H15BrClF/c1-11-5-6-16(19)9-13(11)7-14(10-18)12-3-2-4-15(17)8-12/h2-6,8-9,14H,7,10H2,1H3. The van der Waals surface area contributed by atoms with Crippen LogP contribution in [0.2, 0.25) is 0 Å². The summed E-state index contributed by atoms with van der Waals surface area (Å²) >= 11 is 9.56. The molecule has 0 aliphatic carbocycles. The van der Waals surface area contributed by atoms with E-state index in [2.05, 4.69) is 28.1 Å². The highest BCUT2D eigenvalue weighted by atomic mass is 79.9. The number of alkyl halides is 1. The molecule has 0 nitrogen and oxygen atoms in total. The maximum absolute atomic E-state index is 13.3. The van der Waals surface area contributed by atoms with Crippen molar-refractivity contribution in [2.45, 2.75) is 19.3 Å². The van der Waals surface area contributed by atoms with Gasteiger partial charge >= 0.3 is 0 Å². The fourth-order valence-electron chi connectivity index (χ4n) is 2.15. The van der Waals surface area contributed by atoms with Gasteiger partial charge in [-0.25, -0.2) is 4.39 Å². The summed E-state index contributed by atoms with van der Waals surface area (Å²) in [5.74, 6) is 0.523. The number of hydrogen-bond donors (Lipinski definition) is 0. The van der Waals surface area contributed by atoms with E-state index < -0.39 is 0 Å². The molecule has 1 atom stereocenters. The Bertz CT molecular complexity index is 568. The lowest BCUT2D eigenvalue weighted by molar-refractivity contribution is 0.622. The lowest BCUT2D eigenvalue weighted by Crippen LogP contribution is -2.06. The smallest absolute Gasteiger partial charge is 0.123 e. The Labute approximate surface area is 126 Å². The summed E-state index contributed by atoms with van der Waals surface area (Å²) < 4.78 is 14.4. The molecule has 0 heterocycles. The van der Waals surface area contributed by atoms with Crippen LogP contribution in [-0.4, -0.2) is 5.88 Å². The van der Waals surface area contributed by atoms with Crippen LogP contribution in [0.1, 0.15) is 22.6 Å². The summed E-state index contributed by atoms with van der Waals surface area (Å²) in [4.78, 5) is 0. The molecule has 1 unspecified atom stereocenters. The van der Waals surface area contributed by atoms with E-state index in [1.54, 1.807) is 6.07 Å². The topological polar surface area (TPSA) is 0 Å². The number of hydrogen-bond acceptors (Lipinski definition) is 0. The van der Waals surface area contributed by atoms with E-state index >= 15 is 0 Å². The Morgan fingerprint density at radius 2 is 2.00 bits per heavy atom. The monoisotopic (exact) mass is 340 g/mol. The molecule has 0 aromatic heterocycles. The van der Waals surface area contributed by atoms with Gasteiger partial charge in [0.15, 0.2) is 0 Å². The molecule has 2 aromatic carbocycles. The van der Waals surface area contributed by atoms with Gasteiger partial charge in [-0.1, -0.05) is 34.1 Å². The quantitative estimate of drug-likeness (QED) is 0.648. The normalized spacial score (nSPS) is 12.4. The van der Waals surface area contributed by atoms with E-state index in [1.165, 1.54) is 11.6 Å². The second kappa shape index (κ2) is 6.53. The first-order valence-corrected chi connectivity index (χ1v) is 7.49. The van der Waals surface area contributed by atoms with Crippen molar-refractivity contribution in [1.29, 1.82) is 0 Å². The summed E-state index contributed by atoms with van der Waals surface area (Å²) in [6.45, 7) is 2.00. The van der Waals surface area contributed by atoms with Crippen molar-refractivity contribution in [1.82, 2.24) is 0 Å². The molecule has 2 rings (SSSR count). The number of aryl methyl sites for hydroxylation is 1. The summed E-state index contributed by atoms with van der Waals surface area (Å²) in [6.07, 6.45) is 0.754. The molecule has 0 N–H and O–H groups in total. The Morgan fingerprint density at radius 3 is 2.68 bits per heavy atom. The molecule has 0 spiro atoms. The predicted molar refractivity (Wildman–Crippen MR) is 82.4 cm³/mol. The summed E-state index contributed by atoms with van der Waals surface area (Å²) in [5.41, 5.74) is 3.30. The van der Waals surface area contributed by atoms with Gasteiger partial charge in [-0.2, -0.15) is 0 Å². The van der Waals surface area contributed by atoms with Gasteiger partial charge in [-0.3, -0.25) is 0 Å². The number of halogens is 3. The lowest BCUT2D eigenvalue weighted by atomic mass is 9.91. The van der Waals surface area contributed by atoms with Crippen molar-refractivity contribution in [3.05, 3.63) is 69.4 Å². The van der Waals surface area contributed by atoms with E-state index in [-0.39, 0.29) is 11.7 Å². The van der Waals surface area contributed by atoms with E-state index in [9.17, 15) is 4.39 Å². The second-order valence-corrected chi connectivity index (χ2v) is 5.91. The fraction of sp³-hybridized carbons (Fsp3) is 0.250. The van der Waals surface area contributed by atoms with Gasteiger partial charge < -0.3 is 0 Å². The van der Waals surface area contributed by atoms with Gasteiger partial charge in [0.25, 0.3) is 0 Å². The first kappa shape index (κ1) is 14.5. The Balaban J connectivity index is 2.26. The van der Waals surface area contributed by atoms with Crippen LogP contribution >= 0.6 is 27.5 Å². The molecule has 19 heavy (non-hydrogen) atoms. The van der Waals surface area contributed by atoms with Gasteiger partial charge in [-0.05, 0) is 54.3 Å². The average Bonchev–Trinajstić information content (AvgIpc) is 2.39. The van der Waals surface area contributed by atoms with Gasteiger partial charge in [0, 0.05) is 16.3 Å². The summed E-state index contributed by atoms with van der Waals surface area (Å²) in [5, 5.41) is 0. The van der Waals surface area contributed by atoms with Crippen molar-refractivity contribution >= 4 is 27.5 Å². The summed E-state index contributed by atoms with van der Waals surface area (Å²) in [7, 11) is 0. The zero-order chi connectivity index (χ0) is 13.8. The first-order valence-electron chi connectivity index (χ1n) is 6.16. The van der Waals surface area contributed by atoms with E-state index in [0.717, 1.165) is 22.0 Å². The van der Waals surface area contributed by atoms with Crippen LogP contribution in [0.5, 0.6) is 0 Å². The molecule has 0 saturated heterocycles.